The first-order valence-electron chi connectivity index (χ1n) is 5.49. The van der Waals surface area contributed by atoms with Gasteiger partial charge >= 0.3 is 0 Å². The van der Waals surface area contributed by atoms with E-state index < -0.39 is 0 Å². The third-order valence-corrected chi connectivity index (χ3v) is 3.48. The molecule has 86 valence electrons. The molecule has 1 aromatic carbocycles. The lowest BCUT2D eigenvalue weighted by Crippen LogP contribution is -2.26. The van der Waals surface area contributed by atoms with E-state index in [0.29, 0.717) is 18.3 Å². The maximum atomic E-state index is 11.4. The minimum atomic E-state index is 0.135. The van der Waals surface area contributed by atoms with Gasteiger partial charge in [-0.2, -0.15) is 0 Å². The molecule has 0 heterocycles. The highest BCUT2D eigenvalue weighted by Crippen LogP contribution is 2.21. The highest BCUT2D eigenvalue weighted by molar-refractivity contribution is 8.00. The van der Waals surface area contributed by atoms with Gasteiger partial charge in [-0.25, -0.2) is 0 Å². The highest BCUT2D eigenvalue weighted by atomic mass is 32.2. The van der Waals surface area contributed by atoms with E-state index in [1.807, 2.05) is 24.3 Å². The maximum Gasteiger partial charge on any atom is 0.230 e. The summed E-state index contributed by atoms with van der Waals surface area (Å²) >= 11 is 1.56. The summed E-state index contributed by atoms with van der Waals surface area (Å²) < 4.78 is 0. The summed E-state index contributed by atoms with van der Waals surface area (Å²) in [6.07, 6.45) is 2.28. The second kappa shape index (κ2) is 5.37. The van der Waals surface area contributed by atoms with Gasteiger partial charge in [0.05, 0.1) is 5.75 Å². The molecule has 0 aliphatic heterocycles. The largest absolute Gasteiger partial charge is 0.353 e. The Morgan fingerprint density at radius 1 is 1.38 bits per heavy atom. The summed E-state index contributed by atoms with van der Waals surface area (Å²) in [6.45, 7) is 0.563. The predicted octanol–water partition coefficient (Wildman–Crippen LogP) is 1.52. The molecule has 2 rings (SSSR count). The Hall–Kier alpha value is -1.00. The molecule has 0 aromatic heterocycles. The predicted molar refractivity (Wildman–Crippen MR) is 66.2 cm³/mol. The summed E-state index contributed by atoms with van der Waals surface area (Å²) in [7, 11) is 0. The first-order chi connectivity index (χ1) is 7.78. The van der Waals surface area contributed by atoms with Gasteiger partial charge in [0, 0.05) is 17.5 Å². The van der Waals surface area contributed by atoms with E-state index in [-0.39, 0.29) is 5.91 Å². The van der Waals surface area contributed by atoms with Crippen LogP contribution in [0.15, 0.2) is 29.2 Å². The fraction of sp³-hybridized carbons (Fsp3) is 0.417. The van der Waals surface area contributed by atoms with Crippen molar-refractivity contribution in [3.05, 3.63) is 29.8 Å². The maximum absolute atomic E-state index is 11.4. The molecule has 1 saturated carbocycles. The number of thioether (sulfide) groups is 1. The number of rotatable bonds is 5. The minimum Gasteiger partial charge on any atom is -0.353 e. The average molecular weight is 236 g/mol. The van der Waals surface area contributed by atoms with Crippen LogP contribution in [0.5, 0.6) is 0 Å². The van der Waals surface area contributed by atoms with E-state index in [1.165, 1.54) is 0 Å². The Labute approximate surface area is 99.8 Å². The van der Waals surface area contributed by atoms with Crippen molar-refractivity contribution in [1.29, 1.82) is 0 Å². The Morgan fingerprint density at radius 2 is 2.06 bits per heavy atom. The van der Waals surface area contributed by atoms with Crippen LogP contribution in [0.3, 0.4) is 0 Å². The van der Waals surface area contributed by atoms with Crippen LogP contribution in [0.1, 0.15) is 18.4 Å². The zero-order chi connectivity index (χ0) is 11.4. The van der Waals surface area contributed by atoms with E-state index in [9.17, 15) is 4.79 Å². The van der Waals surface area contributed by atoms with Gasteiger partial charge in [0.2, 0.25) is 5.91 Å². The zero-order valence-corrected chi connectivity index (χ0v) is 9.93. The smallest absolute Gasteiger partial charge is 0.230 e. The molecular weight excluding hydrogens is 220 g/mol. The van der Waals surface area contributed by atoms with Crippen LogP contribution in [0, 0.1) is 0 Å². The second-order valence-electron chi connectivity index (χ2n) is 3.98. The van der Waals surface area contributed by atoms with E-state index >= 15 is 0 Å². The molecule has 0 radical (unpaired) electrons. The Bertz CT molecular complexity index is 360. The van der Waals surface area contributed by atoms with Crippen LogP contribution in [-0.2, 0) is 11.3 Å². The van der Waals surface area contributed by atoms with Crippen molar-refractivity contribution < 1.29 is 4.79 Å². The van der Waals surface area contributed by atoms with Crippen molar-refractivity contribution in [2.75, 3.05) is 5.75 Å². The fourth-order valence-corrected chi connectivity index (χ4v) is 2.08. The zero-order valence-electron chi connectivity index (χ0n) is 9.11. The molecule has 16 heavy (non-hydrogen) atoms. The van der Waals surface area contributed by atoms with Gasteiger partial charge in [-0.1, -0.05) is 12.1 Å². The minimum absolute atomic E-state index is 0.135. The first-order valence-corrected chi connectivity index (χ1v) is 6.47. The van der Waals surface area contributed by atoms with E-state index in [4.69, 9.17) is 5.73 Å². The molecule has 1 fully saturated rings. The van der Waals surface area contributed by atoms with Gasteiger partial charge in [-0.15, -0.1) is 11.8 Å². The second-order valence-corrected chi connectivity index (χ2v) is 5.03. The van der Waals surface area contributed by atoms with Crippen LogP contribution in [0.4, 0.5) is 0 Å². The van der Waals surface area contributed by atoms with Gasteiger partial charge in [0.15, 0.2) is 0 Å². The highest BCUT2D eigenvalue weighted by Gasteiger charge is 2.22. The van der Waals surface area contributed by atoms with Crippen molar-refractivity contribution in [3.63, 3.8) is 0 Å². The molecule has 3 N–H and O–H groups in total. The van der Waals surface area contributed by atoms with Gasteiger partial charge in [-0.05, 0) is 30.5 Å². The topological polar surface area (TPSA) is 55.1 Å². The van der Waals surface area contributed by atoms with E-state index in [2.05, 4.69) is 5.32 Å². The summed E-state index contributed by atoms with van der Waals surface area (Å²) in [4.78, 5) is 12.6. The van der Waals surface area contributed by atoms with Crippen LogP contribution in [0.25, 0.3) is 0 Å². The number of nitrogens with one attached hydrogen (secondary N) is 1. The third-order valence-electron chi connectivity index (χ3n) is 2.47. The SMILES string of the molecule is NCc1ccc(SCC(=O)NC2CC2)cc1. The number of benzene rings is 1. The van der Waals surface area contributed by atoms with Crippen molar-refractivity contribution in [3.8, 4) is 0 Å². The molecule has 0 spiro atoms. The van der Waals surface area contributed by atoms with Gasteiger partial charge in [0.1, 0.15) is 0 Å². The van der Waals surface area contributed by atoms with Gasteiger partial charge in [-0.3, -0.25) is 4.79 Å². The molecule has 0 atom stereocenters. The summed E-state index contributed by atoms with van der Waals surface area (Å²) in [5.41, 5.74) is 6.63. The van der Waals surface area contributed by atoms with Crippen LogP contribution in [-0.4, -0.2) is 17.7 Å². The van der Waals surface area contributed by atoms with Gasteiger partial charge < -0.3 is 11.1 Å². The number of carbonyl (C=O) groups excluding carboxylic acids is 1. The van der Waals surface area contributed by atoms with Crippen molar-refractivity contribution in [2.45, 2.75) is 30.3 Å². The Morgan fingerprint density at radius 3 is 2.62 bits per heavy atom. The first kappa shape index (κ1) is 11.5. The summed E-state index contributed by atoms with van der Waals surface area (Å²) in [6, 6.07) is 8.48. The number of nitrogens with two attached hydrogens (primary N) is 1. The fourth-order valence-electron chi connectivity index (χ4n) is 1.37. The lowest BCUT2D eigenvalue weighted by molar-refractivity contribution is -0.118. The number of amides is 1. The Balaban J connectivity index is 1.76. The Kier molecular flexibility index (Phi) is 3.85. The summed E-state index contributed by atoms with van der Waals surface area (Å²) in [5, 5.41) is 2.97. The average Bonchev–Trinajstić information content (AvgIpc) is 3.11. The molecule has 1 aromatic rings. The van der Waals surface area contributed by atoms with Crippen LogP contribution < -0.4 is 11.1 Å². The van der Waals surface area contributed by atoms with Crippen molar-refractivity contribution in [1.82, 2.24) is 5.32 Å². The molecule has 3 nitrogen and oxygen atoms in total. The molecule has 4 heteroatoms. The van der Waals surface area contributed by atoms with Crippen molar-refractivity contribution in [2.24, 2.45) is 5.73 Å². The van der Waals surface area contributed by atoms with Crippen LogP contribution >= 0.6 is 11.8 Å². The molecule has 1 aliphatic carbocycles. The lowest BCUT2D eigenvalue weighted by atomic mass is 10.2. The van der Waals surface area contributed by atoms with E-state index in [0.717, 1.165) is 23.3 Å². The monoisotopic (exact) mass is 236 g/mol. The summed E-state index contributed by atoms with van der Waals surface area (Å²) in [5.74, 6) is 0.633. The quantitative estimate of drug-likeness (QED) is 0.762. The molecule has 1 amide bonds. The molecule has 1 aliphatic rings. The normalized spacial score (nSPS) is 14.8. The molecule has 0 unspecified atom stereocenters. The molecular formula is C12H16N2OS. The standard InChI is InChI=1S/C12H16N2OS/c13-7-9-1-5-11(6-2-9)16-8-12(15)14-10-3-4-10/h1-2,5-6,10H,3-4,7-8,13H2,(H,14,15). The lowest BCUT2D eigenvalue weighted by Gasteiger charge is -2.04. The van der Waals surface area contributed by atoms with Crippen LogP contribution in [0.2, 0.25) is 0 Å². The van der Waals surface area contributed by atoms with E-state index in [1.54, 1.807) is 11.8 Å². The van der Waals surface area contributed by atoms with Crippen molar-refractivity contribution >= 4 is 17.7 Å². The van der Waals surface area contributed by atoms with Gasteiger partial charge in [0.25, 0.3) is 0 Å². The number of hydrogen-bond acceptors (Lipinski definition) is 3. The number of carbonyl (C=O) groups is 1. The third kappa shape index (κ3) is 3.54. The molecule has 0 bridgehead atoms. The molecule has 0 saturated heterocycles. The number of hydrogen-bond donors (Lipinski definition) is 2.